The Morgan fingerprint density at radius 3 is 2.84 bits per heavy atom. The van der Waals surface area contributed by atoms with E-state index in [1.54, 1.807) is 28.6 Å². The summed E-state index contributed by atoms with van der Waals surface area (Å²) in [4.78, 5) is 30.2. The minimum Gasteiger partial charge on any atom is -0.462 e. The summed E-state index contributed by atoms with van der Waals surface area (Å²) in [7, 11) is 1.83. The van der Waals surface area contributed by atoms with Crippen molar-refractivity contribution >= 4 is 23.5 Å². The highest BCUT2D eigenvalue weighted by molar-refractivity contribution is 6.00. The first-order valence-electron chi connectivity index (χ1n) is 8.21. The fourth-order valence-corrected chi connectivity index (χ4v) is 2.88. The Balaban J connectivity index is 1.67. The van der Waals surface area contributed by atoms with Gasteiger partial charge >= 0.3 is 5.97 Å². The highest BCUT2D eigenvalue weighted by atomic mass is 16.5. The van der Waals surface area contributed by atoms with E-state index in [9.17, 15) is 9.59 Å². The fraction of sp³-hybridized carbons (Fsp3) is 0.412. The van der Waals surface area contributed by atoms with Crippen LogP contribution in [0.25, 0.3) is 0 Å². The van der Waals surface area contributed by atoms with Gasteiger partial charge in [-0.25, -0.2) is 9.78 Å². The van der Waals surface area contributed by atoms with Gasteiger partial charge in [0.25, 0.3) is 5.91 Å². The zero-order valence-electron chi connectivity index (χ0n) is 14.5. The third-order valence-corrected chi connectivity index (χ3v) is 4.06. The Morgan fingerprint density at radius 2 is 2.24 bits per heavy atom. The molecule has 0 saturated carbocycles. The Morgan fingerprint density at radius 1 is 1.44 bits per heavy atom. The zero-order chi connectivity index (χ0) is 18.0. The molecule has 1 aliphatic heterocycles. The van der Waals surface area contributed by atoms with Crippen LogP contribution >= 0.6 is 0 Å². The van der Waals surface area contributed by atoms with Gasteiger partial charge in [-0.05, 0) is 32.4 Å². The monoisotopic (exact) mass is 343 g/mol. The molecule has 1 atom stereocenters. The molecule has 0 aliphatic carbocycles. The van der Waals surface area contributed by atoms with Gasteiger partial charge in [-0.3, -0.25) is 14.4 Å². The first-order chi connectivity index (χ1) is 12.0. The van der Waals surface area contributed by atoms with E-state index in [0.717, 1.165) is 11.5 Å². The topological polar surface area (TPSA) is 89.4 Å². The molecule has 0 aromatic carbocycles. The van der Waals surface area contributed by atoms with Gasteiger partial charge in [0.1, 0.15) is 17.7 Å². The molecular formula is C17H21N5O3. The van der Waals surface area contributed by atoms with Crippen molar-refractivity contribution in [3.8, 4) is 0 Å². The molecule has 3 heterocycles. The van der Waals surface area contributed by atoms with Gasteiger partial charge in [0.05, 0.1) is 17.9 Å². The number of nitrogens with one attached hydrogen (secondary N) is 1. The van der Waals surface area contributed by atoms with E-state index >= 15 is 0 Å². The first kappa shape index (κ1) is 16.9. The Labute approximate surface area is 145 Å². The van der Waals surface area contributed by atoms with E-state index in [4.69, 9.17) is 4.74 Å². The summed E-state index contributed by atoms with van der Waals surface area (Å²) in [6.45, 7) is 4.59. The second-order valence-corrected chi connectivity index (χ2v) is 5.90. The minimum atomic E-state index is -0.406. The maximum atomic E-state index is 12.7. The largest absolute Gasteiger partial charge is 0.462 e. The predicted octanol–water partition coefficient (Wildman–Crippen LogP) is 1.52. The summed E-state index contributed by atoms with van der Waals surface area (Å²) in [5.74, 6) is 0.919. The molecule has 0 bridgehead atoms. The zero-order valence-corrected chi connectivity index (χ0v) is 14.5. The summed E-state index contributed by atoms with van der Waals surface area (Å²) in [5.41, 5.74) is 1.26. The summed E-state index contributed by atoms with van der Waals surface area (Å²) in [6, 6.07) is 4.86. The van der Waals surface area contributed by atoms with Crippen LogP contribution in [0.4, 0.5) is 11.6 Å². The van der Waals surface area contributed by atoms with Gasteiger partial charge in [0.15, 0.2) is 0 Å². The average Bonchev–Trinajstić information content (AvgIpc) is 3.10. The lowest BCUT2D eigenvalue weighted by Crippen LogP contribution is -2.34. The van der Waals surface area contributed by atoms with Crippen LogP contribution in [0.15, 0.2) is 24.4 Å². The highest BCUT2D eigenvalue weighted by Crippen LogP contribution is 2.23. The van der Waals surface area contributed by atoms with Crippen LogP contribution in [0.2, 0.25) is 0 Å². The number of aromatic nitrogens is 3. The molecule has 3 rings (SSSR count). The molecule has 1 saturated heterocycles. The maximum absolute atomic E-state index is 12.7. The molecule has 0 radical (unpaired) electrons. The van der Waals surface area contributed by atoms with Crippen molar-refractivity contribution in [3.63, 3.8) is 0 Å². The summed E-state index contributed by atoms with van der Waals surface area (Å²) >= 11 is 0. The molecule has 8 heteroatoms. The Kier molecular flexibility index (Phi) is 4.69. The smallest absolute Gasteiger partial charge is 0.339 e. The lowest BCUT2D eigenvalue weighted by molar-refractivity contribution is -0.117. The van der Waals surface area contributed by atoms with Crippen LogP contribution in [0, 0.1) is 6.92 Å². The van der Waals surface area contributed by atoms with Crippen LogP contribution in [0.5, 0.6) is 0 Å². The first-order valence-corrected chi connectivity index (χ1v) is 8.21. The van der Waals surface area contributed by atoms with Crippen LogP contribution in [0.1, 0.15) is 29.4 Å². The van der Waals surface area contributed by atoms with Crippen molar-refractivity contribution in [2.75, 3.05) is 23.4 Å². The normalized spacial score (nSPS) is 17.0. The lowest BCUT2D eigenvalue weighted by atomic mass is 10.2. The molecule has 1 amide bonds. The second-order valence-electron chi connectivity index (χ2n) is 5.90. The third kappa shape index (κ3) is 3.47. The fourth-order valence-electron chi connectivity index (χ4n) is 2.88. The quantitative estimate of drug-likeness (QED) is 0.828. The van der Waals surface area contributed by atoms with Crippen molar-refractivity contribution in [1.82, 2.24) is 14.8 Å². The van der Waals surface area contributed by atoms with Crippen LogP contribution in [-0.4, -0.2) is 45.8 Å². The average molecular weight is 343 g/mol. The number of anilines is 2. The molecule has 2 aromatic rings. The van der Waals surface area contributed by atoms with Gasteiger partial charge in [-0.15, -0.1) is 0 Å². The number of esters is 1. The lowest BCUT2D eigenvalue weighted by Gasteiger charge is -2.17. The number of hydrogen-bond acceptors (Lipinski definition) is 6. The number of amides is 1. The molecule has 25 heavy (non-hydrogen) atoms. The van der Waals surface area contributed by atoms with Crippen LogP contribution in [-0.2, 0) is 16.6 Å². The molecule has 1 aliphatic rings. The third-order valence-electron chi connectivity index (χ3n) is 4.06. The van der Waals surface area contributed by atoms with E-state index in [-0.39, 0.29) is 11.9 Å². The van der Waals surface area contributed by atoms with Gasteiger partial charge in [0.2, 0.25) is 0 Å². The van der Waals surface area contributed by atoms with Crippen molar-refractivity contribution in [3.05, 3.63) is 35.7 Å². The van der Waals surface area contributed by atoms with E-state index in [1.165, 1.54) is 6.20 Å². The number of nitrogens with zero attached hydrogens (tertiary/aromatic N) is 4. The molecule has 1 N–H and O–H groups in total. The minimum absolute atomic E-state index is 0.0146. The molecule has 1 unspecified atom stereocenters. The Bertz CT molecular complexity index is 784. The van der Waals surface area contributed by atoms with Crippen LogP contribution in [0.3, 0.4) is 0 Å². The number of rotatable bonds is 5. The molecule has 132 valence electrons. The molecule has 2 aromatic heterocycles. The number of carbonyl (C=O) groups excluding carboxylic acids is 2. The molecule has 1 fully saturated rings. The number of carbonyl (C=O) groups is 2. The summed E-state index contributed by atoms with van der Waals surface area (Å²) < 4.78 is 6.64. The number of aryl methyl sites for hydroxylation is 2. The van der Waals surface area contributed by atoms with Crippen molar-refractivity contribution in [2.45, 2.75) is 26.3 Å². The predicted molar refractivity (Wildman–Crippen MR) is 92.5 cm³/mol. The van der Waals surface area contributed by atoms with E-state index in [0.29, 0.717) is 31.0 Å². The van der Waals surface area contributed by atoms with Crippen molar-refractivity contribution in [2.24, 2.45) is 7.05 Å². The molecule has 8 nitrogen and oxygen atoms in total. The highest BCUT2D eigenvalue weighted by Gasteiger charge is 2.34. The van der Waals surface area contributed by atoms with Gasteiger partial charge in [0, 0.05) is 25.9 Å². The number of hydrogen-bond donors (Lipinski definition) is 1. The number of pyridine rings is 1. The van der Waals surface area contributed by atoms with E-state index in [2.05, 4.69) is 15.4 Å². The standard InChI is InChI=1S/C17H21N5O3/c1-4-25-17(24)12-5-6-14(18-10-12)19-13-7-8-22(16(13)23)15-9-11(2)20-21(15)3/h5-6,9-10,13H,4,7-8H2,1-3H3,(H,18,19). The van der Waals surface area contributed by atoms with Gasteiger partial charge in [-0.1, -0.05) is 0 Å². The van der Waals surface area contributed by atoms with Gasteiger partial charge in [-0.2, -0.15) is 5.10 Å². The second kappa shape index (κ2) is 6.92. The van der Waals surface area contributed by atoms with Gasteiger partial charge < -0.3 is 10.1 Å². The molecular weight excluding hydrogens is 322 g/mol. The molecule has 0 spiro atoms. The number of ether oxygens (including phenoxy) is 1. The maximum Gasteiger partial charge on any atom is 0.339 e. The summed E-state index contributed by atoms with van der Waals surface area (Å²) in [5, 5.41) is 7.42. The Hall–Kier alpha value is -2.90. The van der Waals surface area contributed by atoms with Crippen molar-refractivity contribution in [1.29, 1.82) is 0 Å². The summed E-state index contributed by atoms with van der Waals surface area (Å²) in [6.07, 6.45) is 2.12. The van der Waals surface area contributed by atoms with Crippen molar-refractivity contribution < 1.29 is 14.3 Å². The van der Waals surface area contributed by atoms with Crippen LogP contribution < -0.4 is 10.2 Å². The van der Waals surface area contributed by atoms with E-state index < -0.39 is 5.97 Å². The van der Waals surface area contributed by atoms with E-state index in [1.807, 2.05) is 20.0 Å². The SMILES string of the molecule is CCOC(=O)c1ccc(NC2CCN(c3cc(C)nn3C)C2=O)nc1.